The van der Waals surface area contributed by atoms with Crippen LogP contribution in [0.15, 0.2) is 12.1 Å². The molecule has 2 unspecified atom stereocenters. The van der Waals surface area contributed by atoms with Crippen LogP contribution < -0.4 is 5.32 Å². The Labute approximate surface area is 111 Å². The van der Waals surface area contributed by atoms with Gasteiger partial charge in [0.2, 0.25) is 0 Å². The molecule has 0 aliphatic carbocycles. The van der Waals surface area contributed by atoms with Gasteiger partial charge in [-0.05, 0) is 32.4 Å². The number of rotatable bonds is 1. The van der Waals surface area contributed by atoms with Gasteiger partial charge in [0.1, 0.15) is 11.6 Å². The largest absolute Gasteiger partial charge is 0.335 e. The third-order valence-electron chi connectivity index (χ3n) is 3.32. The Hall–Kier alpha value is -1.49. The van der Waals surface area contributed by atoms with E-state index in [1.54, 1.807) is 4.90 Å². The second-order valence-electron chi connectivity index (χ2n) is 5.26. The van der Waals surface area contributed by atoms with Gasteiger partial charge in [0, 0.05) is 31.2 Å². The van der Waals surface area contributed by atoms with Gasteiger partial charge in [-0.3, -0.25) is 4.79 Å². The summed E-state index contributed by atoms with van der Waals surface area (Å²) in [4.78, 5) is 13.9. The van der Waals surface area contributed by atoms with E-state index in [1.807, 2.05) is 13.8 Å². The predicted molar refractivity (Wildman–Crippen MR) is 69.1 cm³/mol. The number of carbonyl (C=O) groups is 1. The molecule has 5 heteroatoms. The lowest BCUT2D eigenvalue weighted by atomic mass is 10.1. The number of piperazine rings is 1. The average Bonchev–Trinajstić information content (AvgIpc) is 2.31. The van der Waals surface area contributed by atoms with Crippen LogP contribution in [0.5, 0.6) is 0 Å². The minimum atomic E-state index is -0.799. The molecule has 0 radical (unpaired) electrons. The summed E-state index contributed by atoms with van der Waals surface area (Å²) in [6.07, 6.45) is 0. The van der Waals surface area contributed by atoms with Gasteiger partial charge >= 0.3 is 0 Å². The normalized spacial score (nSPS) is 23.5. The number of benzene rings is 1. The van der Waals surface area contributed by atoms with E-state index in [9.17, 15) is 13.6 Å². The summed E-state index contributed by atoms with van der Waals surface area (Å²) < 4.78 is 26.9. The third-order valence-corrected chi connectivity index (χ3v) is 3.32. The first-order valence-electron chi connectivity index (χ1n) is 6.39. The van der Waals surface area contributed by atoms with Gasteiger partial charge in [-0.1, -0.05) is 0 Å². The van der Waals surface area contributed by atoms with E-state index in [4.69, 9.17) is 0 Å². The first-order valence-corrected chi connectivity index (χ1v) is 6.39. The van der Waals surface area contributed by atoms with E-state index < -0.39 is 11.6 Å². The number of nitrogens with zero attached hydrogens (tertiary/aromatic N) is 1. The molecule has 1 fully saturated rings. The molecule has 19 heavy (non-hydrogen) atoms. The van der Waals surface area contributed by atoms with Crippen LogP contribution in [0.4, 0.5) is 8.78 Å². The van der Waals surface area contributed by atoms with Crippen LogP contribution in [0.25, 0.3) is 0 Å². The fourth-order valence-corrected chi connectivity index (χ4v) is 2.48. The first kappa shape index (κ1) is 13.9. The number of nitrogens with one attached hydrogen (secondary N) is 1. The molecule has 0 spiro atoms. The van der Waals surface area contributed by atoms with E-state index in [-0.39, 0.29) is 29.1 Å². The smallest absolute Gasteiger partial charge is 0.256 e. The number of carbonyl (C=O) groups excluding carboxylic acids is 1. The maximum absolute atomic E-state index is 13.7. The van der Waals surface area contributed by atoms with Gasteiger partial charge in [0.25, 0.3) is 5.91 Å². The van der Waals surface area contributed by atoms with Crippen LogP contribution in [0.3, 0.4) is 0 Å². The molecule has 0 bridgehead atoms. The highest BCUT2D eigenvalue weighted by Gasteiger charge is 2.27. The van der Waals surface area contributed by atoms with Crippen LogP contribution >= 0.6 is 0 Å². The SMILES string of the molecule is Cc1cc(C(=O)N2CC(C)NC(C)C2)c(F)cc1F. The van der Waals surface area contributed by atoms with Crippen molar-refractivity contribution in [2.24, 2.45) is 0 Å². The summed E-state index contributed by atoms with van der Waals surface area (Å²) in [5, 5.41) is 3.30. The Bertz CT molecular complexity index is 494. The van der Waals surface area contributed by atoms with Crippen LogP contribution in [0.2, 0.25) is 0 Å². The quantitative estimate of drug-likeness (QED) is 0.846. The van der Waals surface area contributed by atoms with Crippen molar-refractivity contribution in [3.63, 3.8) is 0 Å². The van der Waals surface area contributed by atoms with Gasteiger partial charge < -0.3 is 10.2 Å². The first-order chi connectivity index (χ1) is 8.88. The maximum atomic E-state index is 13.7. The molecule has 1 aliphatic heterocycles. The number of hydrogen-bond acceptors (Lipinski definition) is 2. The van der Waals surface area contributed by atoms with Crippen LogP contribution in [-0.4, -0.2) is 36.0 Å². The van der Waals surface area contributed by atoms with E-state index >= 15 is 0 Å². The minimum Gasteiger partial charge on any atom is -0.335 e. The summed E-state index contributed by atoms with van der Waals surface area (Å²) in [7, 11) is 0. The Morgan fingerprint density at radius 1 is 1.21 bits per heavy atom. The van der Waals surface area contributed by atoms with Crippen molar-refractivity contribution in [1.82, 2.24) is 10.2 Å². The summed E-state index contributed by atoms with van der Waals surface area (Å²) in [5.74, 6) is -1.80. The summed E-state index contributed by atoms with van der Waals surface area (Å²) >= 11 is 0. The highest BCUT2D eigenvalue weighted by Crippen LogP contribution is 2.17. The minimum absolute atomic E-state index is 0.0554. The molecule has 1 heterocycles. The molecular weight excluding hydrogens is 250 g/mol. The molecule has 0 saturated carbocycles. The van der Waals surface area contributed by atoms with E-state index in [0.717, 1.165) is 6.07 Å². The maximum Gasteiger partial charge on any atom is 0.256 e. The highest BCUT2D eigenvalue weighted by atomic mass is 19.1. The Balaban J connectivity index is 2.26. The van der Waals surface area contributed by atoms with Crippen molar-refractivity contribution in [2.75, 3.05) is 13.1 Å². The Morgan fingerprint density at radius 3 is 2.37 bits per heavy atom. The topological polar surface area (TPSA) is 32.3 Å². The molecule has 1 aromatic rings. The summed E-state index contributed by atoms with van der Waals surface area (Å²) in [5.41, 5.74) is 0.223. The Morgan fingerprint density at radius 2 is 1.79 bits per heavy atom. The molecule has 1 aromatic carbocycles. The third kappa shape index (κ3) is 2.92. The van der Waals surface area contributed by atoms with E-state index in [2.05, 4.69) is 5.32 Å². The van der Waals surface area contributed by atoms with Gasteiger partial charge in [0.15, 0.2) is 0 Å². The van der Waals surface area contributed by atoms with E-state index in [0.29, 0.717) is 13.1 Å². The molecule has 1 N–H and O–H groups in total. The van der Waals surface area contributed by atoms with E-state index in [1.165, 1.54) is 13.0 Å². The zero-order chi connectivity index (χ0) is 14.2. The molecule has 1 amide bonds. The number of aryl methyl sites for hydroxylation is 1. The number of hydrogen-bond donors (Lipinski definition) is 1. The second kappa shape index (κ2) is 5.25. The fourth-order valence-electron chi connectivity index (χ4n) is 2.48. The lowest BCUT2D eigenvalue weighted by Gasteiger charge is -2.36. The molecule has 2 atom stereocenters. The van der Waals surface area contributed by atoms with Gasteiger partial charge in [-0.15, -0.1) is 0 Å². The summed E-state index contributed by atoms with van der Waals surface area (Å²) in [6, 6.07) is 2.39. The zero-order valence-electron chi connectivity index (χ0n) is 11.3. The monoisotopic (exact) mass is 268 g/mol. The molecule has 104 valence electrons. The van der Waals surface area contributed by atoms with Gasteiger partial charge in [-0.25, -0.2) is 8.78 Å². The lowest BCUT2D eigenvalue weighted by molar-refractivity contribution is 0.0669. The Kier molecular flexibility index (Phi) is 3.85. The molecule has 1 aliphatic rings. The molecule has 2 rings (SSSR count). The highest BCUT2D eigenvalue weighted by molar-refractivity contribution is 5.94. The number of halogens is 2. The van der Waals surface area contributed by atoms with Crippen molar-refractivity contribution in [2.45, 2.75) is 32.9 Å². The van der Waals surface area contributed by atoms with Crippen LogP contribution in [0, 0.1) is 18.6 Å². The zero-order valence-corrected chi connectivity index (χ0v) is 11.3. The average molecular weight is 268 g/mol. The molecule has 1 saturated heterocycles. The number of amides is 1. The van der Waals surface area contributed by atoms with Crippen LogP contribution in [-0.2, 0) is 0 Å². The van der Waals surface area contributed by atoms with Crippen molar-refractivity contribution in [3.8, 4) is 0 Å². The standard InChI is InChI=1S/C14H18F2N2O/c1-8-4-11(13(16)5-12(8)15)14(19)18-6-9(2)17-10(3)7-18/h4-5,9-10,17H,6-7H2,1-3H3. The van der Waals surface area contributed by atoms with Crippen molar-refractivity contribution >= 4 is 5.91 Å². The lowest BCUT2D eigenvalue weighted by Crippen LogP contribution is -2.55. The van der Waals surface area contributed by atoms with Crippen molar-refractivity contribution in [1.29, 1.82) is 0 Å². The van der Waals surface area contributed by atoms with Crippen molar-refractivity contribution < 1.29 is 13.6 Å². The molecule has 0 aromatic heterocycles. The predicted octanol–water partition coefficient (Wildman–Crippen LogP) is 2.10. The molecular formula is C14H18F2N2O. The van der Waals surface area contributed by atoms with Crippen LogP contribution in [0.1, 0.15) is 29.8 Å². The van der Waals surface area contributed by atoms with Gasteiger partial charge in [-0.2, -0.15) is 0 Å². The molecule has 3 nitrogen and oxygen atoms in total. The van der Waals surface area contributed by atoms with Crippen molar-refractivity contribution in [3.05, 3.63) is 34.9 Å². The fraction of sp³-hybridized carbons (Fsp3) is 0.500. The second-order valence-corrected chi connectivity index (χ2v) is 5.26. The summed E-state index contributed by atoms with van der Waals surface area (Å²) in [6.45, 7) is 6.52. The van der Waals surface area contributed by atoms with Gasteiger partial charge in [0.05, 0.1) is 5.56 Å².